The molecule has 0 saturated carbocycles. The highest BCUT2D eigenvalue weighted by atomic mass is 32.1. The lowest BCUT2D eigenvalue weighted by Crippen LogP contribution is -2.05. The third-order valence-corrected chi connectivity index (χ3v) is 1.38. The molecule has 56 valence electrons. The number of ether oxygens (including phenoxy) is 1. The number of aromatic nitrogens is 2. The van der Waals surface area contributed by atoms with E-state index in [2.05, 4.69) is 9.36 Å². The summed E-state index contributed by atoms with van der Waals surface area (Å²) in [6, 6.07) is 0. The van der Waals surface area contributed by atoms with Gasteiger partial charge in [0.05, 0.1) is 6.10 Å². The molecule has 0 aliphatic carbocycles. The van der Waals surface area contributed by atoms with Crippen molar-refractivity contribution in [2.75, 3.05) is 5.73 Å². The molecule has 0 bridgehead atoms. The standard InChI is InChI=1S/C5H9N3OS/c1-3(2)9-5-7-4(6)8-10-5/h3H,1-2H3,(H2,6,8). The molecule has 10 heavy (non-hydrogen) atoms. The van der Waals surface area contributed by atoms with E-state index in [1.165, 1.54) is 11.5 Å². The first-order valence-corrected chi connectivity index (χ1v) is 3.71. The van der Waals surface area contributed by atoms with Gasteiger partial charge >= 0.3 is 0 Å². The van der Waals surface area contributed by atoms with Crippen LogP contribution < -0.4 is 10.5 Å². The van der Waals surface area contributed by atoms with Gasteiger partial charge in [-0.1, -0.05) is 0 Å². The quantitative estimate of drug-likeness (QED) is 0.696. The summed E-state index contributed by atoms with van der Waals surface area (Å²) in [5.74, 6) is 0.278. The zero-order valence-corrected chi connectivity index (χ0v) is 6.68. The van der Waals surface area contributed by atoms with Crippen molar-refractivity contribution in [1.29, 1.82) is 0 Å². The van der Waals surface area contributed by atoms with Gasteiger partial charge in [0, 0.05) is 11.5 Å². The molecular formula is C5H9N3OS. The lowest BCUT2D eigenvalue weighted by Gasteiger charge is -2.02. The van der Waals surface area contributed by atoms with Crippen molar-refractivity contribution in [1.82, 2.24) is 9.36 Å². The number of hydrogen-bond acceptors (Lipinski definition) is 5. The number of nitrogens with two attached hydrogens (primary N) is 1. The van der Waals surface area contributed by atoms with E-state index in [0.717, 1.165) is 0 Å². The summed E-state index contributed by atoms with van der Waals surface area (Å²) in [5, 5.41) is 0.535. The summed E-state index contributed by atoms with van der Waals surface area (Å²) in [4.78, 5) is 3.81. The zero-order valence-electron chi connectivity index (χ0n) is 5.87. The van der Waals surface area contributed by atoms with Crippen LogP contribution in [0.2, 0.25) is 0 Å². The van der Waals surface area contributed by atoms with Crippen LogP contribution in [0, 0.1) is 0 Å². The number of nitrogens with zero attached hydrogens (tertiary/aromatic N) is 2. The molecular weight excluding hydrogens is 150 g/mol. The highest BCUT2D eigenvalue weighted by Gasteiger charge is 2.02. The maximum absolute atomic E-state index is 5.26. The van der Waals surface area contributed by atoms with Gasteiger partial charge in [0.1, 0.15) is 0 Å². The van der Waals surface area contributed by atoms with Gasteiger partial charge in [-0.25, -0.2) is 0 Å². The monoisotopic (exact) mass is 159 g/mol. The minimum Gasteiger partial charge on any atom is -0.466 e. The maximum atomic E-state index is 5.26. The Morgan fingerprint density at radius 2 is 2.30 bits per heavy atom. The third kappa shape index (κ3) is 1.84. The van der Waals surface area contributed by atoms with Crippen molar-refractivity contribution >= 4 is 17.5 Å². The van der Waals surface area contributed by atoms with E-state index in [1.807, 2.05) is 13.8 Å². The van der Waals surface area contributed by atoms with Crippen LogP contribution in [0.5, 0.6) is 5.19 Å². The molecule has 0 aliphatic rings. The predicted molar refractivity (Wildman–Crippen MR) is 40.1 cm³/mol. The second-order valence-electron chi connectivity index (χ2n) is 2.09. The molecule has 0 spiro atoms. The van der Waals surface area contributed by atoms with Crippen LogP contribution in [0.1, 0.15) is 13.8 Å². The van der Waals surface area contributed by atoms with E-state index in [9.17, 15) is 0 Å². The Kier molecular flexibility index (Phi) is 2.06. The first-order valence-electron chi connectivity index (χ1n) is 2.94. The Balaban J connectivity index is 2.58. The average molecular weight is 159 g/mol. The van der Waals surface area contributed by atoms with Crippen molar-refractivity contribution in [2.24, 2.45) is 0 Å². The van der Waals surface area contributed by atoms with Crippen LogP contribution in [-0.2, 0) is 0 Å². The van der Waals surface area contributed by atoms with Gasteiger partial charge in [-0.2, -0.15) is 9.36 Å². The fourth-order valence-corrected chi connectivity index (χ4v) is 1.05. The summed E-state index contributed by atoms with van der Waals surface area (Å²) in [5.41, 5.74) is 5.26. The first kappa shape index (κ1) is 7.27. The van der Waals surface area contributed by atoms with Crippen LogP contribution >= 0.6 is 11.5 Å². The van der Waals surface area contributed by atoms with E-state index in [1.54, 1.807) is 0 Å². The molecule has 0 atom stereocenters. The lowest BCUT2D eigenvalue weighted by atomic mass is 10.5. The predicted octanol–water partition coefficient (Wildman–Crippen LogP) is 0.907. The number of hydrogen-bond donors (Lipinski definition) is 1. The van der Waals surface area contributed by atoms with Crippen molar-refractivity contribution < 1.29 is 4.74 Å². The van der Waals surface area contributed by atoms with E-state index in [-0.39, 0.29) is 12.1 Å². The van der Waals surface area contributed by atoms with E-state index >= 15 is 0 Å². The Bertz CT molecular complexity index is 210. The smallest absolute Gasteiger partial charge is 0.295 e. The van der Waals surface area contributed by atoms with Crippen LogP contribution in [0.3, 0.4) is 0 Å². The summed E-state index contributed by atoms with van der Waals surface area (Å²) in [6.45, 7) is 3.86. The first-order chi connectivity index (χ1) is 4.68. The lowest BCUT2D eigenvalue weighted by molar-refractivity contribution is 0.241. The molecule has 1 rings (SSSR count). The fraction of sp³-hybridized carbons (Fsp3) is 0.600. The summed E-state index contributed by atoms with van der Waals surface area (Å²) in [6.07, 6.45) is 0.132. The topological polar surface area (TPSA) is 61.0 Å². The van der Waals surface area contributed by atoms with Gasteiger partial charge in [-0.3, -0.25) is 0 Å². The molecule has 5 heteroatoms. The molecule has 0 unspecified atom stereocenters. The van der Waals surface area contributed by atoms with Gasteiger partial charge in [0.15, 0.2) is 0 Å². The molecule has 0 aliphatic heterocycles. The van der Waals surface area contributed by atoms with Crippen molar-refractivity contribution in [3.05, 3.63) is 0 Å². The Labute approximate surface area is 63.2 Å². The third-order valence-electron chi connectivity index (χ3n) is 0.760. The van der Waals surface area contributed by atoms with E-state index < -0.39 is 0 Å². The Morgan fingerprint density at radius 3 is 2.70 bits per heavy atom. The van der Waals surface area contributed by atoms with Gasteiger partial charge in [-0.05, 0) is 13.8 Å². The average Bonchev–Trinajstić information content (AvgIpc) is 2.13. The minimum absolute atomic E-state index is 0.132. The van der Waals surface area contributed by atoms with E-state index in [4.69, 9.17) is 10.5 Å². The van der Waals surface area contributed by atoms with Gasteiger partial charge in [0.25, 0.3) is 5.19 Å². The molecule has 2 N–H and O–H groups in total. The maximum Gasteiger partial charge on any atom is 0.295 e. The van der Waals surface area contributed by atoms with E-state index in [0.29, 0.717) is 5.19 Å². The van der Waals surface area contributed by atoms with Gasteiger partial charge in [-0.15, -0.1) is 0 Å². The number of anilines is 1. The molecule has 0 saturated heterocycles. The Hall–Kier alpha value is -0.840. The van der Waals surface area contributed by atoms with Crippen molar-refractivity contribution in [3.63, 3.8) is 0 Å². The molecule has 0 radical (unpaired) electrons. The van der Waals surface area contributed by atoms with Gasteiger partial charge in [0.2, 0.25) is 5.95 Å². The van der Waals surface area contributed by atoms with Gasteiger partial charge < -0.3 is 10.5 Å². The largest absolute Gasteiger partial charge is 0.466 e. The van der Waals surface area contributed by atoms with Crippen LogP contribution in [-0.4, -0.2) is 15.5 Å². The second-order valence-corrected chi connectivity index (χ2v) is 2.80. The van der Waals surface area contributed by atoms with Crippen LogP contribution in [0.15, 0.2) is 0 Å². The molecule has 1 heterocycles. The molecule has 0 aromatic carbocycles. The number of nitrogen functional groups attached to an aromatic ring is 1. The molecule has 0 fully saturated rings. The fourth-order valence-electron chi connectivity index (χ4n) is 0.470. The van der Waals surface area contributed by atoms with Crippen LogP contribution in [0.4, 0.5) is 5.95 Å². The highest BCUT2D eigenvalue weighted by molar-refractivity contribution is 7.07. The summed E-state index contributed by atoms with van der Waals surface area (Å²) < 4.78 is 8.95. The molecule has 0 amide bonds. The Morgan fingerprint density at radius 1 is 1.60 bits per heavy atom. The van der Waals surface area contributed by atoms with Crippen molar-refractivity contribution in [3.8, 4) is 5.19 Å². The van der Waals surface area contributed by atoms with Crippen molar-refractivity contribution in [2.45, 2.75) is 20.0 Å². The van der Waals surface area contributed by atoms with Crippen LogP contribution in [0.25, 0.3) is 0 Å². The summed E-state index contributed by atoms with van der Waals surface area (Å²) in [7, 11) is 0. The summed E-state index contributed by atoms with van der Waals surface area (Å²) >= 11 is 1.17. The zero-order chi connectivity index (χ0) is 7.56. The number of rotatable bonds is 2. The minimum atomic E-state index is 0.132. The SMILES string of the molecule is CC(C)Oc1nc(N)ns1. The molecule has 1 aromatic heterocycles. The normalized spacial score (nSPS) is 10.3. The molecule has 4 nitrogen and oxygen atoms in total. The highest BCUT2D eigenvalue weighted by Crippen LogP contribution is 2.15. The second kappa shape index (κ2) is 2.83. The molecule has 1 aromatic rings.